The van der Waals surface area contributed by atoms with Gasteiger partial charge in [0.1, 0.15) is 6.33 Å². The van der Waals surface area contributed by atoms with Gasteiger partial charge in [-0.25, -0.2) is 9.97 Å². The number of hydrogen-bond donors (Lipinski definition) is 1. The van der Waals surface area contributed by atoms with Crippen LogP contribution in [0.4, 0.5) is 11.8 Å². The number of rotatable bonds is 7. The first-order chi connectivity index (χ1) is 16.5. The van der Waals surface area contributed by atoms with Crippen LogP contribution in [-0.2, 0) is 12.5 Å². The van der Waals surface area contributed by atoms with E-state index in [-0.39, 0.29) is 29.4 Å². The SMILES string of the molecule is Cc1c(-c2ncnc(Nc3ccn(C)n3)n2)ccc([C@@H](C)CC(=O)c2noc(C(C)(C)C)n2)c1Cl. The monoisotopic (exact) mass is 494 g/mol. The fourth-order valence-electron chi connectivity index (χ4n) is 3.53. The van der Waals surface area contributed by atoms with E-state index in [1.807, 2.05) is 66.1 Å². The highest BCUT2D eigenvalue weighted by atomic mass is 35.5. The zero-order valence-corrected chi connectivity index (χ0v) is 21.3. The third-order valence-corrected chi connectivity index (χ3v) is 6.02. The predicted molar refractivity (Wildman–Crippen MR) is 132 cm³/mol. The summed E-state index contributed by atoms with van der Waals surface area (Å²) in [6.07, 6.45) is 3.46. The molecule has 35 heavy (non-hydrogen) atoms. The Morgan fingerprint density at radius 1 is 1.20 bits per heavy atom. The normalized spacial score (nSPS) is 12.5. The van der Waals surface area contributed by atoms with Crippen LogP contribution in [0.25, 0.3) is 11.4 Å². The highest BCUT2D eigenvalue weighted by Crippen LogP contribution is 2.35. The van der Waals surface area contributed by atoms with E-state index in [4.69, 9.17) is 16.1 Å². The predicted octanol–water partition coefficient (Wildman–Crippen LogP) is 5.03. The Labute approximate surface area is 208 Å². The molecule has 0 aliphatic carbocycles. The molecule has 3 heterocycles. The summed E-state index contributed by atoms with van der Waals surface area (Å²) in [5, 5.41) is 11.8. The van der Waals surface area contributed by atoms with Gasteiger partial charge in [0.05, 0.1) is 0 Å². The minimum Gasteiger partial charge on any atom is -0.338 e. The molecule has 0 amide bonds. The summed E-state index contributed by atoms with van der Waals surface area (Å²) in [5.74, 6) is 1.66. The average molecular weight is 495 g/mol. The Bertz CT molecular complexity index is 1370. The van der Waals surface area contributed by atoms with Crippen LogP contribution in [0.1, 0.15) is 67.7 Å². The van der Waals surface area contributed by atoms with Crippen LogP contribution in [0.2, 0.25) is 5.02 Å². The minimum absolute atomic E-state index is 0.0874. The Morgan fingerprint density at radius 3 is 2.63 bits per heavy atom. The number of nitrogens with zero attached hydrogens (tertiary/aromatic N) is 7. The number of Topliss-reactive ketones (excluding diaryl/α,β-unsaturated/α-hetero) is 1. The smallest absolute Gasteiger partial charge is 0.238 e. The van der Waals surface area contributed by atoms with E-state index in [1.54, 1.807) is 4.68 Å². The topological polar surface area (TPSA) is 125 Å². The zero-order chi connectivity index (χ0) is 25.3. The molecule has 11 heteroatoms. The standard InChI is InChI=1S/C24H27ClN8O2/c1-13(11-17(34)21-29-22(35-32-21)24(3,4)5)15-7-8-16(14(2)19(15)25)20-26-12-27-23(30-20)28-18-9-10-33(6)31-18/h7-10,12-13H,11H2,1-6H3,(H,26,27,28,30,31)/t13-/m0/s1. The molecular formula is C24H27ClN8O2. The van der Waals surface area contributed by atoms with Crippen LogP contribution >= 0.6 is 11.6 Å². The summed E-state index contributed by atoms with van der Waals surface area (Å²) < 4.78 is 6.94. The second kappa shape index (κ2) is 9.53. The van der Waals surface area contributed by atoms with Gasteiger partial charge >= 0.3 is 0 Å². The van der Waals surface area contributed by atoms with E-state index in [2.05, 4.69) is 35.5 Å². The van der Waals surface area contributed by atoms with Crippen molar-refractivity contribution in [1.82, 2.24) is 34.9 Å². The molecule has 0 saturated carbocycles. The molecule has 182 valence electrons. The molecule has 0 spiro atoms. The molecule has 0 unspecified atom stereocenters. The van der Waals surface area contributed by atoms with E-state index in [1.165, 1.54) is 6.33 Å². The molecule has 0 aliphatic rings. The number of hydrogen-bond acceptors (Lipinski definition) is 9. The number of carbonyl (C=O) groups is 1. The number of ketones is 1. The number of aryl methyl sites for hydroxylation is 1. The van der Waals surface area contributed by atoms with Gasteiger partial charge in [-0.15, -0.1) is 0 Å². The van der Waals surface area contributed by atoms with Gasteiger partial charge in [0, 0.05) is 41.7 Å². The van der Waals surface area contributed by atoms with Crippen molar-refractivity contribution in [3.63, 3.8) is 0 Å². The van der Waals surface area contributed by atoms with Crippen molar-refractivity contribution in [2.75, 3.05) is 5.32 Å². The lowest BCUT2D eigenvalue weighted by Crippen LogP contribution is -2.13. The number of carbonyl (C=O) groups excluding carboxylic acids is 1. The number of anilines is 2. The summed E-state index contributed by atoms with van der Waals surface area (Å²) in [6, 6.07) is 5.63. The lowest BCUT2D eigenvalue weighted by Gasteiger charge is -2.16. The lowest BCUT2D eigenvalue weighted by molar-refractivity contribution is 0.0962. The second-order valence-electron chi connectivity index (χ2n) is 9.48. The van der Waals surface area contributed by atoms with Crippen LogP contribution in [0.5, 0.6) is 0 Å². The van der Waals surface area contributed by atoms with Crippen LogP contribution < -0.4 is 5.32 Å². The van der Waals surface area contributed by atoms with E-state index in [0.29, 0.717) is 28.5 Å². The first kappa shape index (κ1) is 24.5. The summed E-state index contributed by atoms with van der Waals surface area (Å²) in [6.45, 7) is 9.70. The largest absolute Gasteiger partial charge is 0.338 e. The Hall–Kier alpha value is -3.66. The van der Waals surface area contributed by atoms with E-state index < -0.39 is 0 Å². The van der Waals surface area contributed by atoms with Crippen molar-refractivity contribution in [3.8, 4) is 11.4 Å². The molecule has 0 fully saturated rings. The summed E-state index contributed by atoms with van der Waals surface area (Å²) in [7, 11) is 1.83. The number of benzene rings is 1. The maximum Gasteiger partial charge on any atom is 0.238 e. The van der Waals surface area contributed by atoms with Gasteiger partial charge in [-0.3, -0.25) is 9.48 Å². The molecule has 0 aliphatic heterocycles. The number of nitrogens with one attached hydrogen (secondary N) is 1. The first-order valence-electron chi connectivity index (χ1n) is 11.2. The van der Waals surface area contributed by atoms with Crippen molar-refractivity contribution in [2.45, 2.75) is 52.4 Å². The van der Waals surface area contributed by atoms with Gasteiger partial charge in [0.15, 0.2) is 11.6 Å². The zero-order valence-electron chi connectivity index (χ0n) is 20.5. The molecule has 0 saturated heterocycles. The fraction of sp³-hybridized carbons (Fsp3) is 0.375. The Morgan fingerprint density at radius 2 is 1.97 bits per heavy atom. The lowest BCUT2D eigenvalue weighted by atomic mass is 9.92. The van der Waals surface area contributed by atoms with E-state index >= 15 is 0 Å². The first-order valence-corrected chi connectivity index (χ1v) is 11.5. The van der Waals surface area contributed by atoms with Crippen LogP contribution in [0.15, 0.2) is 35.2 Å². The van der Waals surface area contributed by atoms with Gasteiger partial charge in [-0.05, 0) is 24.0 Å². The maximum absolute atomic E-state index is 12.8. The molecule has 1 N–H and O–H groups in total. The van der Waals surface area contributed by atoms with E-state index in [0.717, 1.165) is 16.7 Å². The molecule has 1 atom stereocenters. The fourth-order valence-corrected chi connectivity index (χ4v) is 3.88. The molecule has 3 aromatic heterocycles. The van der Waals surface area contributed by atoms with Crippen LogP contribution in [-0.4, -0.2) is 40.7 Å². The van der Waals surface area contributed by atoms with Crippen LogP contribution in [0.3, 0.4) is 0 Å². The summed E-state index contributed by atoms with van der Waals surface area (Å²) in [4.78, 5) is 30.0. The average Bonchev–Trinajstić information content (AvgIpc) is 3.45. The van der Waals surface area contributed by atoms with Gasteiger partial charge < -0.3 is 9.84 Å². The third kappa shape index (κ3) is 5.37. The molecule has 0 bridgehead atoms. The number of halogens is 1. The van der Waals surface area contributed by atoms with Crippen molar-refractivity contribution in [2.24, 2.45) is 7.05 Å². The quantitative estimate of drug-likeness (QED) is 0.352. The summed E-state index contributed by atoms with van der Waals surface area (Å²) in [5.41, 5.74) is 2.11. The van der Waals surface area contributed by atoms with E-state index in [9.17, 15) is 4.79 Å². The molecule has 0 radical (unpaired) electrons. The van der Waals surface area contributed by atoms with Crippen LogP contribution in [0, 0.1) is 6.92 Å². The Balaban J connectivity index is 1.53. The summed E-state index contributed by atoms with van der Waals surface area (Å²) >= 11 is 6.75. The third-order valence-electron chi connectivity index (χ3n) is 5.52. The van der Waals surface area contributed by atoms with Gasteiger partial charge in [-0.2, -0.15) is 15.1 Å². The molecular weight excluding hydrogens is 468 g/mol. The molecule has 4 rings (SSSR count). The van der Waals surface area contributed by atoms with Gasteiger partial charge in [0.2, 0.25) is 23.4 Å². The second-order valence-corrected chi connectivity index (χ2v) is 9.85. The maximum atomic E-state index is 12.8. The molecule has 1 aromatic carbocycles. The van der Waals surface area contributed by atoms with Crippen molar-refractivity contribution < 1.29 is 9.32 Å². The van der Waals surface area contributed by atoms with Crippen molar-refractivity contribution in [1.29, 1.82) is 0 Å². The van der Waals surface area contributed by atoms with Gasteiger partial charge in [-0.1, -0.05) is 56.6 Å². The highest BCUT2D eigenvalue weighted by Gasteiger charge is 2.26. The van der Waals surface area contributed by atoms with Crippen molar-refractivity contribution in [3.05, 3.63) is 58.6 Å². The molecule has 10 nitrogen and oxygen atoms in total. The Kier molecular flexibility index (Phi) is 6.66. The highest BCUT2D eigenvalue weighted by molar-refractivity contribution is 6.32. The van der Waals surface area contributed by atoms with Crippen molar-refractivity contribution >= 4 is 29.2 Å². The number of aromatic nitrogens is 7. The minimum atomic E-state index is -0.324. The van der Waals surface area contributed by atoms with Gasteiger partial charge in [0.25, 0.3) is 0 Å². The molecule has 4 aromatic rings.